The lowest BCUT2D eigenvalue weighted by Gasteiger charge is -2.38. The van der Waals surface area contributed by atoms with Crippen molar-refractivity contribution in [2.45, 2.75) is 44.7 Å². The monoisotopic (exact) mass is 308 g/mol. The number of urea groups is 1. The summed E-state index contributed by atoms with van der Waals surface area (Å²) in [7, 11) is 0. The first-order chi connectivity index (χ1) is 10.4. The lowest BCUT2D eigenvalue weighted by atomic mass is 9.87. The van der Waals surface area contributed by atoms with Crippen molar-refractivity contribution in [3.63, 3.8) is 0 Å². The van der Waals surface area contributed by atoms with Crippen molar-refractivity contribution < 1.29 is 14.4 Å². The summed E-state index contributed by atoms with van der Waals surface area (Å²) in [6.45, 7) is 6.33. The highest BCUT2D eigenvalue weighted by atomic mass is 16.2. The van der Waals surface area contributed by atoms with Crippen molar-refractivity contribution in [2.75, 3.05) is 26.2 Å². The summed E-state index contributed by atoms with van der Waals surface area (Å²) >= 11 is 0. The van der Waals surface area contributed by atoms with Crippen molar-refractivity contribution in [2.24, 2.45) is 5.92 Å². The van der Waals surface area contributed by atoms with Crippen molar-refractivity contribution >= 4 is 17.8 Å². The zero-order chi connectivity index (χ0) is 15.9. The van der Waals surface area contributed by atoms with Gasteiger partial charge in [-0.3, -0.25) is 14.5 Å². The zero-order valence-corrected chi connectivity index (χ0v) is 13.2. The number of carbonyl (C=O) groups is 3. The quantitative estimate of drug-likeness (QED) is 0.699. The summed E-state index contributed by atoms with van der Waals surface area (Å²) in [5.74, 6) is -0.0321. The van der Waals surface area contributed by atoms with Gasteiger partial charge >= 0.3 is 6.03 Å². The maximum Gasteiger partial charge on any atom is 0.325 e. The van der Waals surface area contributed by atoms with Crippen LogP contribution in [0.4, 0.5) is 4.79 Å². The molecule has 3 heterocycles. The van der Waals surface area contributed by atoms with E-state index in [1.165, 1.54) is 4.90 Å². The molecule has 0 aliphatic carbocycles. The van der Waals surface area contributed by atoms with Gasteiger partial charge in [-0.25, -0.2) is 4.79 Å². The number of imide groups is 1. The summed E-state index contributed by atoms with van der Waals surface area (Å²) in [6, 6.07) is -0.315. The normalized spacial score (nSPS) is 27.9. The molecule has 0 saturated carbocycles. The molecule has 3 aliphatic rings. The Bertz CT molecular complexity index is 491. The highest BCUT2D eigenvalue weighted by Crippen LogP contribution is 2.31. The van der Waals surface area contributed by atoms with Crippen LogP contribution in [0.1, 0.15) is 33.1 Å². The first-order valence-corrected chi connectivity index (χ1v) is 8.10. The molecular weight excluding hydrogens is 284 g/mol. The van der Waals surface area contributed by atoms with Gasteiger partial charge in [-0.2, -0.15) is 0 Å². The second kappa shape index (κ2) is 5.53. The molecule has 0 aromatic carbocycles. The van der Waals surface area contributed by atoms with Crippen LogP contribution in [-0.2, 0) is 9.59 Å². The molecule has 3 fully saturated rings. The summed E-state index contributed by atoms with van der Waals surface area (Å²) in [4.78, 5) is 40.3. The summed E-state index contributed by atoms with van der Waals surface area (Å²) in [5, 5.41) is 6.10. The van der Waals surface area contributed by atoms with E-state index in [1.807, 2.05) is 13.8 Å². The Hall–Kier alpha value is -1.63. The average molecular weight is 308 g/mol. The fraction of sp³-hybridized carbons (Fsp3) is 0.800. The highest BCUT2D eigenvalue weighted by Gasteiger charge is 2.54. The Morgan fingerprint density at radius 1 is 1.27 bits per heavy atom. The summed E-state index contributed by atoms with van der Waals surface area (Å²) in [5.41, 5.74) is -0.798. The summed E-state index contributed by atoms with van der Waals surface area (Å²) < 4.78 is 0. The number of piperidine rings is 1. The van der Waals surface area contributed by atoms with Gasteiger partial charge in [0.05, 0.1) is 6.04 Å². The van der Waals surface area contributed by atoms with Crippen molar-refractivity contribution in [3.05, 3.63) is 0 Å². The second-order valence-corrected chi connectivity index (χ2v) is 6.81. The molecule has 1 unspecified atom stereocenters. The first-order valence-electron chi connectivity index (χ1n) is 8.10. The van der Waals surface area contributed by atoms with Crippen LogP contribution in [0.15, 0.2) is 0 Å². The van der Waals surface area contributed by atoms with Crippen LogP contribution in [0.5, 0.6) is 0 Å². The Balaban J connectivity index is 1.69. The molecule has 1 atom stereocenters. The first kappa shape index (κ1) is 15.3. The van der Waals surface area contributed by atoms with Crippen LogP contribution < -0.4 is 10.6 Å². The molecule has 3 aliphatic heterocycles. The van der Waals surface area contributed by atoms with E-state index in [-0.39, 0.29) is 29.8 Å². The third-order valence-corrected chi connectivity index (χ3v) is 5.02. The Labute approximate surface area is 130 Å². The number of hydrogen-bond acceptors (Lipinski definition) is 4. The number of amides is 4. The van der Waals surface area contributed by atoms with E-state index in [0.29, 0.717) is 32.5 Å². The third kappa shape index (κ3) is 2.37. The van der Waals surface area contributed by atoms with Crippen molar-refractivity contribution in [1.82, 2.24) is 20.4 Å². The molecule has 2 N–H and O–H groups in total. The van der Waals surface area contributed by atoms with E-state index in [4.69, 9.17) is 0 Å². The van der Waals surface area contributed by atoms with E-state index in [0.717, 1.165) is 13.0 Å². The molecule has 0 aromatic rings. The standard InChI is InChI=1S/C15H24N4O3/c1-10(2)12(20)18-7-4-15(5-8-18)13(21)19(14(22)17-15)11-3-6-16-9-11/h10-11,16H,3-9H2,1-2H3,(H,17,22). The van der Waals surface area contributed by atoms with Crippen molar-refractivity contribution in [1.29, 1.82) is 0 Å². The van der Waals surface area contributed by atoms with E-state index in [2.05, 4.69) is 10.6 Å². The predicted octanol–water partition coefficient (Wildman–Crippen LogP) is -0.0827. The molecule has 0 bridgehead atoms. The van der Waals surface area contributed by atoms with E-state index < -0.39 is 5.54 Å². The number of carbonyl (C=O) groups excluding carboxylic acids is 3. The van der Waals surface area contributed by atoms with Crippen molar-refractivity contribution in [3.8, 4) is 0 Å². The molecule has 7 heteroatoms. The fourth-order valence-electron chi connectivity index (χ4n) is 3.65. The van der Waals surface area contributed by atoms with Gasteiger partial charge in [-0.1, -0.05) is 13.8 Å². The largest absolute Gasteiger partial charge is 0.342 e. The smallest absolute Gasteiger partial charge is 0.325 e. The zero-order valence-electron chi connectivity index (χ0n) is 13.2. The Morgan fingerprint density at radius 2 is 1.95 bits per heavy atom. The minimum atomic E-state index is -0.798. The second-order valence-electron chi connectivity index (χ2n) is 6.81. The number of hydrogen-bond donors (Lipinski definition) is 2. The molecule has 22 heavy (non-hydrogen) atoms. The topological polar surface area (TPSA) is 81.8 Å². The maximum atomic E-state index is 12.8. The van der Waals surface area contributed by atoms with Crippen LogP contribution in [0.2, 0.25) is 0 Å². The molecule has 4 amide bonds. The maximum absolute atomic E-state index is 12.8. The van der Waals surface area contributed by atoms with E-state index in [9.17, 15) is 14.4 Å². The average Bonchev–Trinajstić information content (AvgIpc) is 3.07. The molecular formula is C15H24N4O3. The molecule has 122 valence electrons. The summed E-state index contributed by atoms with van der Waals surface area (Å²) in [6.07, 6.45) is 1.83. The number of rotatable bonds is 2. The van der Waals surface area contributed by atoms with Gasteiger partial charge in [0.1, 0.15) is 5.54 Å². The fourth-order valence-corrected chi connectivity index (χ4v) is 3.65. The van der Waals surface area contributed by atoms with Crippen LogP contribution in [0.25, 0.3) is 0 Å². The van der Waals surface area contributed by atoms with Gasteiger partial charge in [0.2, 0.25) is 5.91 Å². The van der Waals surface area contributed by atoms with E-state index in [1.54, 1.807) is 4.90 Å². The van der Waals surface area contributed by atoms with Gasteiger partial charge in [-0.15, -0.1) is 0 Å². The Kier molecular flexibility index (Phi) is 3.84. The van der Waals surface area contributed by atoms with Crippen LogP contribution in [0.3, 0.4) is 0 Å². The van der Waals surface area contributed by atoms with E-state index >= 15 is 0 Å². The van der Waals surface area contributed by atoms with Crippen LogP contribution in [-0.4, -0.2) is 65.4 Å². The van der Waals surface area contributed by atoms with Gasteiger partial charge in [0, 0.05) is 25.6 Å². The SMILES string of the molecule is CC(C)C(=O)N1CCC2(CC1)NC(=O)N(C1CCNC1)C2=O. The van der Waals surface area contributed by atoms with Gasteiger partial charge in [0.25, 0.3) is 5.91 Å². The number of nitrogens with one attached hydrogen (secondary N) is 2. The molecule has 0 aromatic heterocycles. The Morgan fingerprint density at radius 3 is 2.50 bits per heavy atom. The predicted molar refractivity (Wildman–Crippen MR) is 80.0 cm³/mol. The lowest BCUT2D eigenvalue weighted by molar-refractivity contribution is -0.140. The van der Waals surface area contributed by atoms with Crippen LogP contribution in [0, 0.1) is 5.92 Å². The van der Waals surface area contributed by atoms with Gasteiger partial charge < -0.3 is 15.5 Å². The highest BCUT2D eigenvalue weighted by molar-refractivity contribution is 6.07. The van der Waals surface area contributed by atoms with Gasteiger partial charge in [0.15, 0.2) is 0 Å². The third-order valence-electron chi connectivity index (χ3n) is 5.02. The van der Waals surface area contributed by atoms with Crippen LogP contribution >= 0.6 is 0 Å². The molecule has 1 spiro atoms. The molecule has 3 saturated heterocycles. The minimum Gasteiger partial charge on any atom is -0.342 e. The minimum absolute atomic E-state index is 0.0380. The van der Waals surface area contributed by atoms with Gasteiger partial charge in [-0.05, 0) is 25.8 Å². The lowest BCUT2D eigenvalue weighted by Crippen LogP contribution is -2.56. The molecule has 0 radical (unpaired) electrons. The molecule has 7 nitrogen and oxygen atoms in total. The number of likely N-dealkylation sites (tertiary alicyclic amines) is 1. The number of nitrogens with zero attached hydrogens (tertiary/aromatic N) is 2. The molecule has 3 rings (SSSR count).